The number of hydrogen-bond donors (Lipinski definition) is 0. The fourth-order valence-corrected chi connectivity index (χ4v) is 4.22. The van der Waals surface area contributed by atoms with E-state index < -0.39 is 0 Å². The van der Waals surface area contributed by atoms with Crippen molar-refractivity contribution >= 4 is 10.8 Å². The van der Waals surface area contributed by atoms with Crippen LogP contribution >= 0.6 is 0 Å². The summed E-state index contributed by atoms with van der Waals surface area (Å²) in [5, 5.41) is 1.74. The molecule has 0 N–H and O–H groups in total. The van der Waals surface area contributed by atoms with Crippen LogP contribution in [0.3, 0.4) is 0 Å². The Morgan fingerprint density at radius 2 is 1.62 bits per heavy atom. The maximum atomic E-state index is 14.6. The molecule has 0 aliphatic heterocycles. The summed E-state index contributed by atoms with van der Waals surface area (Å²) < 4.78 is 33.2. The SMILES string of the molecule is COCC1CCC(c2ccc(C#Cc3ccc4cc(F)ccc4c3)c(F)c2)CC1. The smallest absolute Gasteiger partial charge is 0.139 e. The van der Waals surface area contributed by atoms with Crippen LogP contribution in [0.4, 0.5) is 8.78 Å². The first kappa shape index (κ1) is 19.6. The Morgan fingerprint density at radius 3 is 2.38 bits per heavy atom. The van der Waals surface area contributed by atoms with Gasteiger partial charge in [-0.2, -0.15) is 0 Å². The molecule has 0 heterocycles. The lowest BCUT2D eigenvalue weighted by molar-refractivity contribution is 0.127. The van der Waals surface area contributed by atoms with Gasteiger partial charge in [0.15, 0.2) is 0 Å². The number of fused-ring (bicyclic) bond motifs is 1. The third-order valence-corrected chi connectivity index (χ3v) is 5.86. The largest absolute Gasteiger partial charge is 0.384 e. The van der Waals surface area contributed by atoms with E-state index in [1.807, 2.05) is 24.3 Å². The minimum Gasteiger partial charge on any atom is -0.384 e. The van der Waals surface area contributed by atoms with Gasteiger partial charge in [-0.1, -0.05) is 30.0 Å². The van der Waals surface area contributed by atoms with Gasteiger partial charge < -0.3 is 4.74 Å². The number of benzene rings is 3. The van der Waals surface area contributed by atoms with Crippen molar-refractivity contribution in [2.45, 2.75) is 31.6 Å². The summed E-state index contributed by atoms with van der Waals surface area (Å²) in [6.45, 7) is 0.819. The maximum Gasteiger partial charge on any atom is 0.139 e. The maximum absolute atomic E-state index is 14.6. The molecule has 0 amide bonds. The zero-order chi connectivity index (χ0) is 20.2. The second-order valence-electron chi connectivity index (χ2n) is 7.87. The summed E-state index contributed by atoms with van der Waals surface area (Å²) in [6.07, 6.45) is 4.42. The summed E-state index contributed by atoms with van der Waals surface area (Å²) in [6, 6.07) is 15.7. The topological polar surface area (TPSA) is 9.23 Å². The third-order valence-electron chi connectivity index (χ3n) is 5.86. The van der Waals surface area contributed by atoms with Crippen molar-refractivity contribution in [2.24, 2.45) is 5.92 Å². The normalized spacial score (nSPS) is 19.0. The Bertz CT molecular complexity index is 1070. The fourth-order valence-electron chi connectivity index (χ4n) is 4.22. The van der Waals surface area contributed by atoms with Gasteiger partial charge in [0.2, 0.25) is 0 Å². The number of methoxy groups -OCH3 is 1. The Kier molecular flexibility index (Phi) is 5.92. The molecule has 3 aromatic rings. The zero-order valence-electron chi connectivity index (χ0n) is 16.6. The van der Waals surface area contributed by atoms with Gasteiger partial charge in [0.05, 0.1) is 5.56 Å². The van der Waals surface area contributed by atoms with Crippen LogP contribution in [0, 0.1) is 29.4 Å². The Hall–Kier alpha value is -2.70. The molecule has 0 radical (unpaired) electrons. The molecule has 148 valence electrons. The highest BCUT2D eigenvalue weighted by molar-refractivity contribution is 5.83. The molecule has 29 heavy (non-hydrogen) atoms. The van der Waals surface area contributed by atoms with Gasteiger partial charge in [0.25, 0.3) is 0 Å². The first-order valence-electron chi connectivity index (χ1n) is 10.1. The predicted molar refractivity (Wildman–Crippen MR) is 113 cm³/mol. The van der Waals surface area contributed by atoms with Crippen molar-refractivity contribution < 1.29 is 13.5 Å². The summed E-state index contributed by atoms with van der Waals surface area (Å²) in [4.78, 5) is 0. The monoisotopic (exact) mass is 390 g/mol. The van der Waals surface area contributed by atoms with Crippen molar-refractivity contribution in [1.82, 2.24) is 0 Å². The summed E-state index contributed by atoms with van der Waals surface area (Å²) >= 11 is 0. The van der Waals surface area contributed by atoms with Crippen LogP contribution in [-0.4, -0.2) is 13.7 Å². The fraction of sp³-hybridized carbons (Fsp3) is 0.308. The number of hydrogen-bond acceptors (Lipinski definition) is 1. The molecule has 0 saturated heterocycles. The quantitative estimate of drug-likeness (QED) is 0.468. The third kappa shape index (κ3) is 4.66. The molecule has 3 heteroatoms. The zero-order valence-corrected chi connectivity index (χ0v) is 16.6. The average Bonchev–Trinajstić information content (AvgIpc) is 2.73. The number of rotatable bonds is 3. The molecule has 1 aliphatic carbocycles. The standard InChI is InChI=1S/C26H24F2O/c1-29-17-19-4-6-20(7-5-19)24-11-10-21(26(28)16-24)8-2-18-3-9-23-15-25(27)13-12-22(23)14-18/h3,9-16,19-20H,4-7,17H2,1H3. The molecular weight excluding hydrogens is 366 g/mol. The van der Waals surface area contributed by atoms with E-state index in [0.29, 0.717) is 17.4 Å². The molecule has 1 saturated carbocycles. The van der Waals surface area contributed by atoms with Gasteiger partial charge in [-0.25, -0.2) is 8.78 Å². The van der Waals surface area contributed by atoms with Crippen LogP contribution in [0.1, 0.15) is 48.3 Å². The first-order chi connectivity index (χ1) is 14.1. The molecule has 0 spiro atoms. The van der Waals surface area contributed by atoms with E-state index in [0.717, 1.165) is 54.2 Å². The predicted octanol–water partition coefficient (Wildman–Crippen LogP) is 6.44. The van der Waals surface area contributed by atoms with Gasteiger partial charge in [0.1, 0.15) is 11.6 Å². The van der Waals surface area contributed by atoms with Gasteiger partial charge in [-0.05, 0) is 90.3 Å². The van der Waals surface area contributed by atoms with Crippen LogP contribution < -0.4 is 0 Å². The van der Waals surface area contributed by atoms with Gasteiger partial charge >= 0.3 is 0 Å². The van der Waals surface area contributed by atoms with Gasteiger partial charge in [0, 0.05) is 19.3 Å². The van der Waals surface area contributed by atoms with Gasteiger partial charge in [-0.15, -0.1) is 0 Å². The second-order valence-corrected chi connectivity index (χ2v) is 7.87. The lowest BCUT2D eigenvalue weighted by atomic mass is 9.79. The van der Waals surface area contributed by atoms with E-state index in [-0.39, 0.29) is 11.6 Å². The van der Waals surface area contributed by atoms with Crippen molar-refractivity contribution in [3.63, 3.8) is 0 Å². The summed E-state index contributed by atoms with van der Waals surface area (Å²) in [5.41, 5.74) is 2.25. The van der Waals surface area contributed by atoms with E-state index in [1.54, 1.807) is 25.3 Å². The molecule has 4 rings (SSSR count). The second kappa shape index (κ2) is 8.76. The van der Waals surface area contributed by atoms with E-state index in [1.165, 1.54) is 12.1 Å². The Labute approximate surface area is 170 Å². The van der Waals surface area contributed by atoms with Gasteiger partial charge in [-0.3, -0.25) is 0 Å². The van der Waals surface area contributed by atoms with Crippen LogP contribution in [0.2, 0.25) is 0 Å². The Morgan fingerprint density at radius 1 is 0.862 bits per heavy atom. The summed E-state index contributed by atoms with van der Waals surface area (Å²) in [7, 11) is 1.75. The van der Waals surface area contributed by atoms with E-state index in [4.69, 9.17) is 4.74 Å². The molecule has 1 nitrogen and oxygen atoms in total. The highest BCUT2D eigenvalue weighted by Crippen LogP contribution is 2.36. The highest BCUT2D eigenvalue weighted by atomic mass is 19.1. The van der Waals surface area contributed by atoms with Crippen LogP contribution in [0.15, 0.2) is 54.6 Å². The lowest BCUT2D eigenvalue weighted by Crippen LogP contribution is -2.17. The molecular formula is C26H24F2O. The number of ether oxygens (including phenoxy) is 1. The van der Waals surface area contributed by atoms with E-state index >= 15 is 0 Å². The minimum absolute atomic E-state index is 0.259. The lowest BCUT2D eigenvalue weighted by Gasteiger charge is -2.28. The molecule has 0 unspecified atom stereocenters. The molecule has 0 bridgehead atoms. The Balaban J connectivity index is 1.49. The van der Waals surface area contributed by atoms with Crippen LogP contribution in [0.5, 0.6) is 0 Å². The molecule has 3 aromatic carbocycles. The summed E-state index contributed by atoms with van der Waals surface area (Å²) in [5.74, 6) is 6.49. The molecule has 0 aromatic heterocycles. The van der Waals surface area contributed by atoms with Crippen LogP contribution in [-0.2, 0) is 4.74 Å². The minimum atomic E-state index is -0.267. The van der Waals surface area contributed by atoms with Crippen LogP contribution in [0.25, 0.3) is 10.8 Å². The number of halogens is 2. The molecule has 1 fully saturated rings. The van der Waals surface area contributed by atoms with Crippen molar-refractivity contribution in [3.05, 3.63) is 82.9 Å². The van der Waals surface area contributed by atoms with E-state index in [9.17, 15) is 8.78 Å². The molecule has 0 atom stereocenters. The first-order valence-corrected chi connectivity index (χ1v) is 10.1. The van der Waals surface area contributed by atoms with Crippen molar-refractivity contribution in [1.29, 1.82) is 0 Å². The van der Waals surface area contributed by atoms with Crippen molar-refractivity contribution in [2.75, 3.05) is 13.7 Å². The average molecular weight is 390 g/mol. The molecule has 1 aliphatic rings. The van der Waals surface area contributed by atoms with E-state index in [2.05, 4.69) is 11.8 Å². The van der Waals surface area contributed by atoms with Crippen molar-refractivity contribution in [3.8, 4) is 11.8 Å². The highest BCUT2D eigenvalue weighted by Gasteiger charge is 2.22.